The Morgan fingerprint density at radius 2 is 2.07 bits per heavy atom. The maximum Gasteiger partial charge on any atom is 0.137 e. The van der Waals surface area contributed by atoms with Crippen LogP contribution in [0.3, 0.4) is 0 Å². The van der Waals surface area contributed by atoms with Crippen LogP contribution in [0.4, 0.5) is 0 Å². The third-order valence-electron chi connectivity index (χ3n) is 3.70. The third-order valence-corrected chi connectivity index (χ3v) is 3.70. The summed E-state index contributed by atoms with van der Waals surface area (Å²) in [5.74, 6) is 1.65. The molecule has 0 amide bonds. The molecule has 0 N–H and O–H groups in total. The zero-order valence-electron chi connectivity index (χ0n) is 9.17. The lowest BCUT2D eigenvalue weighted by molar-refractivity contribution is -0.126. The molecule has 2 heteroatoms. The Bertz CT molecular complexity index is 208. The van der Waals surface area contributed by atoms with E-state index >= 15 is 0 Å². The van der Waals surface area contributed by atoms with Crippen molar-refractivity contribution in [3.63, 3.8) is 0 Å². The molecule has 2 atom stereocenters. The number of carbonyl (C=O) groups is 1. The van der Waals surface area contributed by atoms with Gasteiger partial charge in [-0.1, -0.05) is 6.92 Å². The summed E-state index contributed by atoms with van der Waals surface area (Å²) in [6, 6.07) is 0. The molecule has 2 fully saturated rings. The number of hydrogen-bond acceptors (Lipinski definition) is 2. The van der Waals surface area contributed by atoms with Gasteiger partial charge >= 0.3 is 0 Å². The summed E-state index contributed by atoms with van der Waals surface area (Å²) >= 11 is 0. The number of Topliss-reactive ketones (excluding diaryl/α,β-unsaturated/α-hetero) is 1. The van der Waals surface area contributed by atoms with Crippen LogP contribution in [-0.2, 0) is 4.79 Å². The van der Waals surface area contributed by atoms with Crippen molar-refractivity contribution >= 4 is 5.78 Å². The second kappa shape index (κ2) is 4.43. The van der Waals surface area contributed by atoms with Crippen LogP contribution in [0.2, 0.25) is 0 Å². The summed E-state index contributed by atoms with van der Waals surface area (Å²) in [7, 11) is 0. The smallest absolute Gasteiger partial charge is 0.137 e. The first-order valence-electron chi connectivity index (χ1n) is 6.01. The van der Waals surface area contributed by atoms with E-state index in [2.05, 4.69) is 11.8 Å². The average molecular weight is 195 g/mol. The second-order valence-corrected chi connectivity index (χ2v) is 5.05. The predicted octanol–water partition coefficient (Wildman–Crippen LogP) is 2.09. The van der Waals surface area contributed by atoms with Crippen LogP contribution >= 0.6 is 0 Å². The highest BCUT2D eigenvalue weighted by molar-refractivity contribution is 5.81. The van der Waals surface area contributed by atoms with Crippen molar-refractivity contribution in [2.45, 2.75) is 39.0 Å². The highest BCUT2D eigenvalue weighted by atomic mass is 16.1. The van der Waals surface area contributed by atoms with E-state index in [1.165, 1.54) is 25.9 Å². The molecule has 0 bridgehead atoms. The Labute approximate surface area is 86.7 Å². The van der Waals surface area contributed by atoms with E-state index < -0.39 is 0 Å². The normalized spacial score (nSPS) is 35.1. The van der Waals surface area contributed by atoms with Gasteiger partial charge in [0, 0.05) is 18.9 Å². The third kappa shape index (κ3) is 2.35. The molecule has 0 aromatic rings. The molecule has 0 aromatic carbocycles. The molecular formula is C12H21NO. The van der Waals surface area contributed by atoms with E-state index in [1.807, 2.05) is 0 Å². The zero-order chi connectivity index (χ0) is 9.97. The number of ketones is 1. The van der Waals surface area contributed by atoms with Gasteiger partial charge in [-0.05, 0) is 44.7 Å². The van der Waals surface area contributed by atoms with E-state index in [9.17, 15) is 4.79 Å². The standard InChI is InChI=1S/C12H21NO/c1-10-4-5-12(14)11(8-10)9-13-6-2-3-7-13/h10-11H,2-9H2,1H3. The number of nitrogens with zero attached hydrogens (tertiary/aromatic N) is 1. The van der Waals surface area contributed by atoms with Crippen molar-refractivity contribution in [3.05, 3.63) is 0 Å². The fraction of sp³-hybridized carbons (Fsp3) is 0.917. The Kier molecular flexibility index (Phi) is 3.22. The van der Waals surface area contributed by atoms with E-state index in [0.717, 1.165) is 31.7 Å². The fourth-order valence-electron chi connectivity index (χ4n) is 2.78. The maximum atomic E-state index is 11.7. The van der Waals surface area contributed by atoms with Gasteiger partial charge in [-0.2, -0.15) is 0 Å². The summed E-state index contributed by atoms with van der Waals surface area (Å²) in [6.07, 6.45) is 5.75. The van der Waals surface area contributed by atoms with E-state index in [-0.39, 0.29) is 0 Å². The van der Waals surface area contributed by atoms with Gasteiger partial charge in [0.05, 0.1) is 0 Å². The maximum absolute atomic E-state index is 11.7. The van der Waals surface area contributed by atoms with Crippen molar-refractivity contribution in [1.82, 2.24) is 4.90 Å². The van der Waals surface area contributed by atoms with Crippen LogP contribution in [0, 0.1) is 11.8 Å². The zero-order valence-corrected chi connectivity index (χ0v) is 9.17. The lowest BCUT2D eigenvalue weighted by atomic mass is 9.81. The molecular weight excluding hydrogens is 174 g/mol. The Balaban J connectivity index is 1.85. The number of hydrogen-bond donors (Lipinski definition) is 0. The monoisotopic (exact) mass is 195 g/mol. The molecule has 80 valence electrons. The Morgan fingerprint density at radius 1 is 1.36 bits per heavy atom. The van der Waals surface area contributed by atoms with Gasteiger partial charge in [0.15, 0.2) is 0 Å². The molecule has 0 aromatic heterocycles. The minimum atomic E-state index is 0.358. The van der Waals surface area contributed by atoms with Crippen LogP contribution in [0.5, 0.6) is 0 Å². The summed E-state index contributed by atoms with van der Waals surface area (Å²) in [4.78, 5) is 14.2. The van der Waals surface area contributed by atoms with Crippen LogP contribution in [0.25, 0.3) is 0 Å². The lowest BCUT2D eigenvalue weighted by Crippen LogP contribution is -2.34. The number of carbonyl (C=O) groups excluding carboxylic acids is 1. The minimum absolute atomic E-state index is 0.358. The minimum Gasteiger partial charge on any atom is -0.303 e. The molecule has 2 unspecified atom stereocenters. The SMILES string of the molecule is CC1CCC(=O)C(CN2CCCC2)C1. The summed E-state index contributed by atoms with van der Waals surface area (Å²) in [6.45, 7) is 5.77. The highest BCUT2D eigenvalue weighted by Gasteiger charge is 2.28. The molecule has 1 aliphatic heterocycles. The summed E-state index contributed by atoms with van der Waals surface area (Å²) < 4.78 is 0. The molecule has 2 nitrogen and oxygen atoms in total. The van der Waals surface area contributed by atoms with Crippen LogP contribution in [0.1, 0.15) is 39.0 Å². The lowest BCUT2D eigenvalue weighted by Gasteiger charge is -2.28. The first kappa shape index (κ1) is 10.2. The molecule has 1 heterocycles. The largest absolute Gasteiger partial charge is 0.303 e. The fourth-order valence-corrected chi connectivity index (χ4v) is 2.78. The molecule has 14 heavy (non-hydrogen) atoms. The first-order chi connectivity index (χ1) is 6.75. The van der Waals surface area contributed by atoms with Crippen molar-refractivity contribution in [3.8, 4) is 0 Å². The Hall–Kier alpha value is -0.370. The summed E-state index contributed by atoms with van der Waals surface area (Å²) in [5.41, 5.74) is 0. The van der Waals surface area contributed by atoms with Gasteiger partial charge in [0.2, 0.25) is 0 Å². The van der Waals surface area contributed by atoms with Crippen LogP contribution in [0.15, 0.2) is 0 Å². The van der Waals surface area contributed by atoms with Gasteiger partial charge in [-0.3, -0.25) is 4.79 Å². The number of rotatable bonds is 2. The highest BCUT2D eigenvalue weighted by Crippen LogP contribution is 2.27. The van der Waals surface area contributed by atoms with Gasteiger partial charge in [-0.25, -0.2) is 0 Å². The van der Waals surface area contributed by atoms with Gasteiger partial charge in [0.25, 0.3) is 0 Å². The molecule has 0 spiro atoms. The van der Waals surface area contributed by atoms with E-state index in [0.29, 0.717) is 11.7 Å². The Morgan fingerprint density at radius 3 is 2.79 bits per heavy atom. The topological polar surface area (TPSA) is 20.3 Å². The predicted molar refractivity (Wildman–Crippen MR) is 57.2 cm³/mol. The van der Waals surface area contributed by atoms with E-state index in [4.69, 9.17) is 0 Å². The van der Waals surface area contributed by atoms with Crippen LogP contribution in [-0.4, -0.2) is 30.3 Å². The summed E-state index contributed by atoms with van der Waals surface area (Å²) in [5, 5.41) is 0. The van der Waals surface area contributed by atoms with Gasteiger partial charge < -0.3 is 4.90 Å². The van der Waals surface area contributed by atoms with Crippen LogP contribution < -0.4 is 0 Å². The average Bonchev–Trinajstić information content (AvgIpc) is 2.64. The first-order valence-corrected chi connectivity index (χ1v) is 6.01. The van der Waals surface area contributed by atoms with Crippen molar-refractivity contribution in [2.24, 2.45) is 11.8 Å². The second-order valence-electron chi connectivity index (χ2n) is 5.05. The van der Waals surface area contributed by atoms with Crippen molar-refractivity contribution < 1.29 is 4.79 Å². The molecule has 1 aliphatic carbocycles. The quantitative estimate of drug-likeness (QED) is 0.672. The van der Waals surface area contributed by atoms with Gasteiger partial charge in [0.1, 0.15) is 5.78 Å². The molecule has 1 saturated heterocycles. The van der Waals surface area contributed by atoms with Gasteiger partial charge in [-0.15, -0.1) is 0 Å². The van der Waals surface area contributed by atoms with Crippen molar-refractivity contribution in [1.29, 1.82) is 0 Å². The van der Waals surface area contributed by atoms with E-state index in [1.54, 1.807) is 0 Å². The molecule has 1 saturated carbocycles. The molecule has 0 radical (unpaired) electrons. The molecule has 2 aliphatic rings. The van der Waals surface area contributed by atoms with Crippen molar-refractivity contribution in [2.75, 3.05) is 19.6 Å². The number of likely N-dealkylation sites (tertiary alicyclic amines) is 1. The molecule has 2 rings (SSSR count).